The molecule has 0 spiro atoms. The third-order valence-electron chi connectivity index (χ3n) is 3.55. The molecule has 1 fully saturated rings. The Balaban J connectivity index is 2.67. The number of rotatable bonds is 5. The molecule has 114 valence electrons. The number of likely N-dealkylation sites (tertiary alicyclic amines) is 1. The zero-order chi connectivity index (χ0) is 15.4. The maximum Gasteiger partial charge on any atom is 0.348 e. The molecular formula is C12H19NO7. The van der Waals surface area contributed by atoms with Gasteiger partial charge in [-0.3, -0.25) is 4.79 Å². The molecule has 0 aromatic rings. The number of aliphatic carboxylic acids is 2. The highest BCUT2D eigenvalue weighted by Gasteiger charge is 2.38. The Kier molecular flexibility index (Phi) is 5.46. The average Bonchev–Trinajstić information content (AvgIpc) is 2.37. The van der Waals surface area contributed by atoms with E-state index in [1.165, 1.54) is 0 Å². The van der Waals surface area contributed by atoms with Crippen molar-refractivity contribution in [2.24, 2.45) is 5.92 Å². The number of carboxylic acid groups (broad SMARTS) is 2. The van der Waals surface area contributed by atoms with Crippen LogP contribution in [0.1, 0.15) is 19.8 Å². The molecule has 0 aromatic heterocycles. The Morgan fingerprint density at radius 1 is 1.20 bits per heavy atom. The maximum absolute atomic E-state index is 11.9. The van der Waals surface area contributed by atoms with E-state index in [0.29, 0.717) is 19.0 Å². The predicted octanol–water partition coefficient (Wildman–Crippen LogP) is -0.841. The van der Waals surface area contributed by atoms with Gasteiger partial charge in [-0.05, 0) is 26.8 Å². The van der Waals surface area contributed by atoms with E-state index >= 15 is 0 Å². The summed E-state index contributed by atoms with van der Waals surface area (Å²) in [6.07, 6.45) is -3.07. The molecule has 3 N–H and O–H groups in total. The van der Waals surface area contributed by atoms with Crippen molar-refractivity contribution < 1.29 is 34.4 Å². The summed E-state index contributed by atoms with van der Waals surface area (Å²) in [7, 11) is 1.84. The van der Waals surface area contributed by atoms with Crippen molar-refractivity contribution in [3.05, 3.63) is 0 Å². The first kappa shape index (κ1) is 16.4. The van der Waals surface area contributed by atoms with Crippen LogP contribution in [0.25, 0.3) is 0 Å². The zero-order valence-corrected chi connectivity index (χ0v) is 11.4. The van der Waals surface area contributed by atoms with Crippen LogP contribution >= 0.6 is 0 Å². The van der Waals surface area contributed by atoms with Crippen molar-refractivity contribution in [3.63, 3.8) is 0 Å². The molecule has 0 saturated carbocycles. The van der Waals surface area contributed by atoms with Gasteiger partial charge in [-0.15, -0.1) is 0 Å². The SMILES string of the molecule is C[C@H]1CC[C@@H](C(=O)OC(C(=O)O)C(O)C(=O)O)CN1C. The van der Waals surface area contributed by atoms with Crippen LogP contribution < -0.4 is 0 Å². The van der Waals surface area contributed by atoms with Crippen LogP contribution in [0.2, 0.25) is 0 Å². The van der Waals surface area contributed by atoms with Crippen molar-refractivity contribution in [2.75, 3.05) is 13.6 Å². The van der Waals surface area contributed by atoms with Crippen LogP contribution in [0.4, 0.5) is 0 Å². The molecule has 1 saturated heterocycles. The lowest BCUT2D eigenvalue weighted by Crippen LogP contribution is -2.47. The Bertz CT molecular complexity index is 397. The molecule has 8 nitrogen and oxygen atoms in total. The van der Waals surface area contributed by atoms with Gasteiger partial charge in [0.05, 0.1) is 5.92 Å². The minimum Gasteiger partial charge on any atom is -0.479 e. The fourth-order valence-electron chi connectivity index (χ4n) is 2.07. The van der Waals surface area contributed by atoms with Gasteiger partial charge in [-0.1, -0.05) is 0 Å². The lowest BCUT2D eigenvalue weighted by atomic mass is 9.94. The van der Waals surface area contributed by atoms with Crippen LogP contribution in [0.3, 0.4) is 0 Å². The molecule has 20 heavy (non-hydrogen) atoms. The number of carboxylic acids is 2. The number of esters is 1. The molecule has 0 bridgehead atoms. The summed E-state index contributed by atoms with van der Waals surface area (Å²) in [5.74, 6) is -4.75. The van der Waals surface area contributed by atoms with Crippen LogP contribution in [-0.2, 0) is 19.1 Å². The molecule has 0 aromatic carbocycles. The fraction of sp³-hybridized carbons (Fsp3) is 0.750. The van der Waals surface area contributed by atoms with Crippen LogP contribution in [0, 0.1) is 5.92 Å². The van der Waals surface area contributed by atoms with Gasteiger partial charge in [-0.25, -0.2) is 9.59 Å². The minimum atomic E-state index is -2.28. The molecule has 1 aliphatic rings. The first-order valence-corrected chi connectivity index (χ1v) is 6.28. The summed E-state index contributed by atoms with van der Waals surface area (Å²) in [5.41, 5.74) is 0. The van der Waals surface area contributed by atoms with Gasteiger partial charge in [0.25, 0.3) is 0 Å². The summed E-state index contributed by atoms with van der Waals surface area (Å²) >= 11 is 0. The standard InChI is InChI=1S/C12H19NO7/c1-6-3-4-7(5-13(6)2)12(19)20-9(11(17)18)8(14)10(15)16/h6-9,14H,3-5H2,1-2H3,(H,15,16)(H,17,18)/t6-,7+,8?,9?/m0/s1. The van der Waals surface area contributed by atoms with Crippen molar-refractivity contribution in [1.82, 2.24) is 4.90 Å². The van der Waals surface area contributed by atoms with Gasteiger partial charge >= 0.3 is 17.9 Å². The normalized spacial score (nSPS) is 26.6. The molecule has 8 heteroatoms. The smallest absolute Gasteiger partial charge is 0.348 e. The van der Waals surface area contributed by atoms with Gasteiger partial charge in [0.2, 0.25) is 6.10 Å². The second kappa shape index (κ2) is 6.67. The topological polar surface area (TPSA) is 124 Å². The van der Waals surface area contributed by atoms with Crippen molar-refractivity contribution in [3.8, 4) is 0 Å². The molecular weight excluding hydrogens is 270 g/mol. The lowest BCUT2D eigenvalue weighted by Gasteiger charge is -2.34. The fourth-order valence-corrected chi connectivity index (χ4v) is 2.07. The molecule has 1 aliphatic heterocycles. The molecule has 1 rings (SSSR count). The summed E-state index contributed by atoms with van der Waals surface area (Å²) in [5, 5.41) is 26.6. The van der Waals surface area contributed by atoms with Crippen LogP contribution in [0.5, 0.6) is 0 Å². The Morgan fingerprint density at radius 3 is 2.25 bits per heavy atom. The van der Waals surface area contributed by atoms with Gasteiger partial charge in [0.15, 0.2) is 6.10 Å². The number of piperidine rings is 1. The highest BCUT2D eigenvalue weighted by Crippen LogP contribution is 2.22. The van der Waals surface area contributed by atoms with E-state index < -0.39 is 36.0 Å². The quantitative estimate of drug-likeness (QED) is 0.559. The number of carbonyl (C=O) groups is 3. The first-order chi connectivity index (χ1) is 9.23. The maximum atomic E-state index is 11.9. The van der Waals surface area contributed by atoms with Crippen LogP contribution in [-0.4, -0.2) is 70.0 Å². The predicted molar refractivity (Wildman–Crippen MR) is 66.0 cm³/mol. The molecule has 2 unspecified atom stereocenters. The lowest BCUT2D eigenvalue weighted by molar-refractivity contribution is -0.181. The van der Waals surface area contributed by atoms with Crippen molar-refractivity contribution in [1.29, 1.82) is 0 Å². The summed E-state index contributed by atoms with van der Waals surface area (Å²) < 4.78 is 4.66. The summed E-state index contributed by atoms with van der Waals surface area (Å²) in [6, 6.07) is 0.318. The Hall–Kier alpha value is -1.67. The molecule has 1 heterocycles. The number of hydrogen-bond acceptors (Lipinski definition) is 6. The second-order valence-corrected chi connectivity index (χ2v) is 5.04. The third-order valence-corrected chi connectivity index (χ3v) is 3.55. The van der Waals surface area contributed by atoms with Gasteiger partial charge < -0.3 is 25.0 Å². The highest BCUT2D eigenvalue weighted by atomic mass is 16.6. The number of nitrogens with zero attached hydrogens (tertiary/aromatic N) is 1. The van der Waals surface area contributed by atoms with E-state index in [2.05, 4.69) is 4.74 Å². The van der Waals surface area contributed by atoms with Gasteiger partial charge in [0, 0.05) is 12.6 Å². The number of carbonyl (C=O) groups excluding carboxylic acids is 1. The van der Waals surface area contributed by atoms with E-state index in [0.717, 1.165) is 6.42 Å². The monoisotopic (exact) mass is 289 g/mol. The highest BCUT2D eigenvalue weighted by molar-refractivity contribution is 5.86. The number of aliphatic hydroxyl groups is 1. The number of ether oxygens (including phenoxy) is 1. The van der Waals surface area contributed by atoms with Gasteiger partial charge in [-0.2, -0.15) is 0 Å². The van der Waals surface area contributed by atoms with E-state index in [4.69, 9.17) is 10.2 Å². The second-order valence-electron chi connectivity index (χ2n) is 5.04. The third kappa shape index (κ3) is 3.91. The van der Waals surface area contributed by atoms with E-state index in [-0.39, 0.29) is 0 Å². The van der Waals surface area contributed by atoms with Gasteiger partial charge in [0.1, 0.15) is 0 Å². The first-order valence-electron chi connectivity index (χ1n) is 6.28. The zero-order valence-electron chi connectivity index (χ0n) is 11.4. The summed E-state index contributed by atoms with van der Waals surface area (Å²) in [4.78, 5) is 35.3. The van der Waals surface area contributed by atoms with Crippen LogP contribution in [0.15, 0.2) is 0 Å². The Labute approximate surface area is 115 Å². The summed E-state index contributed by atoms with van der Waals surface area (Å²) in [6.45, 7) is 2.42. The average molecular weight is 289 g/mol. The molecule has 0 aliphatic carbocycles. The molecule has 0 radical (unpaired) electrons. The number of aliphatic hydroxyl groups excluding tert-OH is 1. The largest absolute Gasteiger partial charge is 0.479 e. The van der Waals surface area contributed by atoms with E-state index in [1.807, 2.05) is 18.9 Å². The number of hydrogen-bond donors (Lipinski definition) is 3. The van der Waals surface area contributed by atoms with E-state index in [1.54, 1.807) is 0 Å². The van der Waals surface area contributed by atoms with Crippen molar-refractivity contribution in [2.45, 2.75) is 38.0 Å². The van der Waals surface area contributed by atoms with Crippen molar-refractivity contribution >= 4 is 17.9 Å². The minimum absolute atomic E-state index is 0.318. The Morgan fingerprint density at radius 2 is 1.80 bits per heavy atom. The molecule has 0 amide bonds. The van der Waals surface area contributed by atoms with E-state index in [9.17, 15) is 19.5 Å². The molecule has 4 atom stereocenters.